The molecule has 0 bridgehead atoms. The van der Waals surface area contributed by atoms with E-state index in [1.165, 1.54) is 17.8 Å². The summed E-state index contributed by atoms with van der Waals surface area (Å²) in [5.74, 6) is -0.543. The van der Waals surface area contributed by atoms with Crippen molar-refractivity contribution in [2.75, 3.05) is 24.2 Å². The quantitative estimate of drug-likeness (QED) is 0.259. The molecular formula is C21H25Cl2N6O6P. The second kappa shape index (κ2) is 10.1. The maximum absolute atomic E-state index is 13.6. The number of imidazole rings is 1. The van der Waals surface area contributed by atoms with Crippen LogP contribution in [0, 0.1) is 5.92 Å². The van der Waals surface area contributed by atoms with Crippen LogP contribution in [0.15, 0.2) is 36.7 Å². The number of aliphatic hydroxyl groups excluding tert-OH is 1. The summed E-state index contributed by atoms with van der Waals surface area (Å²) >= 11 is 13.0. The molecule has 1 fully saturated rings. The monoisotopic (exact) mass is 558 g/mol. The van der Waals surface area contributed by atoms with Gasteiger partial charge in [0.1, 0.15) is 29.3 Å². The smallest absolute Gasteiger partial charge is 0.379 e. The molecule has 36 heavy (non-hydrogen) atoms. The van der Waals surface area contributed by atoms with Crippen molar-refractivity contribution in [1.82, 2.24) is 19.5 Å². The first-order chi connectivity index (χ1) is 16.9. The Labute approximate surface area is 216 Å². The first kappa shape index (κ1) is 26.6. The SMILES string of the molecule is CC(=O)[C@H](C)CP(=O)(OC[C@H]1O[C@@H](n2cnc3c(N)nc(N)nc32)C(Cl)(Cl)[C@H]1O)Oc1ccccc1. The van der Waals surface area contributed by atoms with Gasteiger partial charge in [-0.05, 0) is 19.1 Å². The fourth-order valence-corrected chi connectivity index (χ4v) is 6.21. The van der Waals surface area contributed by atoms with Gasteiger partial charge in [-0.1, -0.05) is 48.3 Å². The number of alkyl halides is 2. The minimum atomic E-state index is -3.87. The van der Waals surface area contributed by atoms with Crippen LogP contribution in [-0.2, 0) is 18.6 Å². The third kappa shape index (κ3) is 5.29. The van der Waals surface area contributed by atoms with Gasteiger partial charge in [0.05, 0.1) is 19.1 Å². The number of benzene rings is 1. The molecule has 15 heteroatoms. The first-order valence-electron chi connectivity index (χ1n) is 10.9. The topological polar surface area (TPSA) is 178 Å². The predicted molar refractivity (Wildman–Crippen MR) is 134 cm³/mol. The number of carbonyl (C=O) groups is 1. The lowest BCUT2D eigenvalue weighted by Crippen LogP contribution is -2.38. The number of ether oxygens (including phenoxy) is 1. The van der Waals surface area contributed by atoms with E-state index in [-0.39, 0.29) is 34.9 Å². The van der Waals surface area contributed by atoms with Gasteiger partial charge < -0.3 is 25.8 Å². The van der Waals surface area contributed by atoms with Gasteiger partial charge in [0.25, 0.3) is 0 Å². The molecule has 4 rings (SSSR count). The lowest BCUT2D eigenvalue weighted by Gasteiger charge is -2.24. The fraction of sp³-hybridized carbons (Fsp3) is 0.429. The highest BCUT2D eigenvalue weighted by Crippen LogP contribution is 2.52. The van der Waals surface area contributed by atoms with Crippen LogP contribution in [0.5, 0.6) is 5.75 Å². The van der Waals surface area contributed by atoms with Gasteiger partial charge in [0, 0.05) is 5.92 Å². The van der Waals surface area contributed by atoms with Crippen LogP contribution in [0.2, 0.25) is 0 Å². The second-order valence-electron chi connectivity index (χ2n) is 8.44. The van der Waals surface area contributed by atoms with Gasteiger partial charge >= 0.3 is 7.60 Å². The number of nitrogens with zero attached hydrogens (tertiary/aromatic N) is 4. The molecule has 5 N–H and O–H groups in total. The summed E-state index contributed by atoms with van der Waals surface area (Å²) in [6.07, 6.45) is -2.64. The molecule has 3 aromatic rings. The molecule has 1 unspecified atom stereocenters. The Hall–Kier alpha value is -2.47. The number of carbonyl (C=O) groups excluding carboxylic acids is 1. The van der Waals surface area contributed by atoms with Crippen molar-refractivity contribution < 1.29 is 28.3 Å². The molecule has 2 aromatic heterocycles. The van der Waals surface area contributed by atoms with Gasteiger partial charge in [0.2, 0.25) is 5.95 Å². The average molecular weight is 559 g/mol. The Morgan fingerprint density at radius 3 is 2.67 bits per heavy atom. The first-order valence-corrected chi connectivity index (χ1v) is 13.3. The number of anilines is 2. The largest absolute Gasteiger partial charge is 0.424 e. The molecule has 3 heterocycles. The van der Waals surface area contributed by atoms with Crippen molar-refractivity contribution in [3.05, 3.63) is 36.7 Å². The Bertz CT molecular complexity index is 1310. The Kier molecular flexibility index (Phi) is 7.47. The number of halogens is 2. The van der Waals surface area contributed by atoms with Gasteiger partial charge in [-0.3, -0.25) is 13.9 Å². The van der Waals surface area contributed by atoms with Crippen LogP contribution in [-0.4, -0.2) is 59.7 Å². The van der Waals surface area contributed by atoms with Gasteiger partial charge in [-0.2, -0.15) is 9.97 Å². The van der Waals surface area contributed by atoms with Crippen molar-refractivity contribution >= 4 is 59.5 Å². The number of fused-ring (bicyclic) bond motifs is 1. The maximum atomic E-state index is 13.6. The number of ketones is 1. The molecule has 0 spiro atoms. The highest BCUT2D eigenvalue weighted by atomic mass is 35.5. The molecule has 0 saturated carbocycles. The van der Waals surface area contributed by atoms with Crippen molar-refractivity contribution in [3.8, 4) is 5.75 Å². The van der Waals surface area contributed by atoms with E-state index in [4.69, 9.17) is 48.5 Å². The number of nitrogens with two attached hydrogens (primary N) is 2. The second-order valence-corrected chi connectivity index (χ2v) is 11.9. The molecule has 12 nitrogen and oxygen atoms in total. The lowest BCUT2D eigenvalue weighted by molar-refractivity contribution is -0.119. The summed E-state index contributed by atoms with van der Waals surface area (Å²) in [5, 5.41) is 10.9. The van der Waals surface area contributed by atoms with Crippen molar-refractivity contribution in [3.63, 3.8) is 0 Å². The highest BCUT2D eigenvalue weighted by molar-refractivity contribution is 7.54. The predicted octanol–water partition coefficient (Wildman–Crippen LogP) is 2.94. The maximum Gasteiger partial charge on any atom is 0.379 e. The molecular weight excluding hydrogens is 534 g/mol. The average Bonchev–Trinajstić information content (AvgIpc) is 3.31. The molecule has 1 aliphatic heterocycles. The van der Waals surface area contributed by atoms with E-state index >= 15 is 0 Å². The van der Waals surface area contributed by atoms with E-state index < -0.39 is 42.9 Å². The number of Topliss-reactive ketones (excluding diaryl/α,β-unsaturated/α-hetero) is 1. The zero-order chi connectivity index (χ0) is 26.3. The van der Waals surface area contributed by atoms with Crippen molar-refractivity contribution in [2.45, 2.75) is 36.6 Å². The summed E-state index contributed by atoms with van der Waals surface area (Å²) < 4.78 is 30.4. The van der Waals surface area contributed by atoms with Gasteiger partial charge in [0.15, 0.2) is 22.0 Å². The zero-order valence-electron chi connectivity index (χ0n) is 19.3. The molecule has 0 amide bonds. The molecule has 0 aliphatic carbocycles. The van der Waals surface area contributed by atoms with Crippen LogP contribution < -0.4 is 16.0 Å². The highest BCUT2D eigenvalue weighted by Gasteiger charge is 2.56. The van der Waals surface area contributed by atoms with Crippen LogP contribution in [0.25, 0.3) is 11.2 Å². The van der Waals surface area contributed by atoms with E-state index in [2.05, 4.69) is 15.0 Å². The van der Waals surface area contributed by atoms with Crippen LogP contribution in [0.3, 0.4) is 0 Å². The molecule has 194 valence electrons. The summed E-state index contributed by atoms with van der Waals surface area (Å²) in [6.45, 7) is 2.61. The molecule has 1 aliphatic rings. The number of hydrogen-bond donors (Lipinski definition) is 3. The third-order valence-electron chi connectivity index (χ3n) is 5.71. The van der Waals surface area contributed by atoms with Crippen LogP contribution >= 0.6 is 30.8 Å². The van der Waals surface area contributed by atoms with Gasteiger partial charge in [-0.15, -0.1) is 0 Å². The van der Waals surface area contributed by atoms with Crippen LogP contribution in [0.4, 0.5) is 11.8 Å². The summed E-state index contributed by atoms with van der Waals surface area (Å²) in [7, 11) is -3.87. The summed E-state index contributed by atoms with van der Waals surface area (Å²) in [4.78, 5) is 24.0. The zero-order valence-corrected chi connectivity index (χ0v) is 21.7. The molecule has 0 radical (unpaired) electrons. The minimum absolute atomic E-state index is 0.0445. The van der Waals surface area contributed by atoms with E-state index in [1.54, 1.807) is 37.3 Å². The van der Waals surface area contributed by atoms with Crippen LogP contribution in [0.1, 0.15) is 20.1 Å². The van der Waals surface area contributed by atoms with E-state index in [0.29, 0.717) is 5.75 Å². The van der Waals surface area contributed by atoms with E-state index in [0.717, 1.165) is 0 Å². The number of nitrogen functional groups attached to an aromatic ring is 2. The van der Waals surface area contributed by atoms with Crippen molar-refractivity contribution in [1.29, 1.82) is 0 Å². The normalized spacial score (nSPS) is 23.9. The minimum Gasteiger partial charge on any atom is -0.424 e. The van der Waals surface area contributed by atoms with E-state index in [9.17, 15) is 14.5 Å². The Morgan fingerprint density at radius 2 is 2.00 bits per heavy atom. The van der Waals surface area contributed by atoms with Gasteiger partial charge in [-0.25, -0.2) is 9.55 Å². The standard InChI is InChI=1S/C21H25Cl2N6O6P/c1-11(12(2)30)9-36(32,35-13-6-4-3-5-7-13)33-8-14-16(31)21(22,23)19(34-14)29-10-26-15-17(24)27-20(25)28-18(15)29/h3-7,10-11,14,16,19,31H,8-9H2,1-2H3,(H4,24,25,27,28)/t11-,14-,16+,19-,36?/m1/s1. The Morgan fingerprint density at radius 1 is 1.31 bits per heavy atom. The molecule has 5 atom stereocenters. The number of aromatic nitrogens is 4. The van der Waals surface area contributed by atoms with E-state index in [1.807, 2.05) is 0 Å². The van der Waals surface area contributed by atoms with Crippen molar-refractivity contribution in [2.24, 2.45) is 5.92 Å². The number of rotatable bonds is 9. The molecule has 1 saturated heterocycles. The lowest BCUT2D eigenvalue weighted by atomic mass is 10.1. The fourth-order valence-electron chi connectivity index (χ4n) is 3.64. The Balaban J connectivity index is 1.57. The number of para-hydroxylation sites is 1. The number of hydrogen-bond acceptors (Lipinski definition) is 11. The molecule has 1 aromatic carbocycles. The summed E-state index contributed by atoms with van der Waals surface area (Å²) in [5.41, 5.74) is 12.0. The number of aliphatic hydroxyl groups is 1. The third-order valence-corrected chi connectivity index (χ3v) is 8.56. The summed E-state index contributed by atoms with van der Waals surface area (Å²) in [6, 6.07) is 8.40.